The number of hydrogen-bond donors (Lipinski definition) is 1. The Kier molecular flexibility index (Phi) is 3.39. The molecule has 0 amide bonds. The number of alkyl halides is 1. The number of carbonyl (C=O) groups excluding carboxylic acids is 2. The molecule has 126 valence electrons. The molecule has 7 atom stereocenters. The van der Waals surface area contributed by atoms with E-state index in [1.165, 1.54) is 0 Å². The summed E-state index contributed by atoms with van der Waals surface area (Å²) in [5.74, 6) is 1.21. The smallest absolute Gasteiger partial charge is 0.157 e. The van der Waals surface area contributed by atoms with Crippen LogP contribution in [0.5, 0.6) is 0 Å². The lowest BCUT2D eigenvalue weighted by Gasteiger charge is -2.59. The van der Waals surface area contributed by atoms with Crippen molar-refractivity contribution < 1.29 is 14.7 Å². The van der Waals surface area contributed by atoms with Crippen LogP contribution in [0.4, 0.5) is 0 Å². The molecule has 0 heterocycles. The third-order valence-electron chi connectivity index (χ3n) is 7.66. The van der Waals surface area contributed by atoms with Gasteiger partial charge >= 0.3 is 0 Å². The van der Waals surface area contributed by atoms with Crippen LogP contribution in [0.25, 0.3) is 0 Å². The van der Waals surface area contributed by atoms with Crippen LogP contribution >= 0.6 is 11.6 Å². The molecule has 0 aromatic heterocycles. The first kappa shape index (κ1) is 15.8. The molecule has 4 rings (SSSR count). The van der Waals surface area contributed by atoms with Crippen LogP contribution in [0, 0.1) is 28.6 Å². The fourth-order valence-electron chi connectivity index (χ4n) is 6.46. The first-order valence-electron chi connectivity index (χ1n) is 8.88. The summed E-state index contributed by atoms with van der Waals surface area (Å²) < 4.78 is 0. The van der Waals surface area contributed by atoms with Crippen LogP contribution in [-0.2, 0) is 9.59 Å². The van der Waals surface area contributed by atoms with Gasteiger partial charge in [-0.05, 0) is 49.5 Å². The molecule has 0 aromatic rings. The Morgan fingerprint density at radius 1 is 1.22 bits per heavy atom. The third-order valence-corrected chi connectivity index (χ3v) is 8.27. The van der Waals surface area contributed by atoms with Crippen molar-refractivity contribution in [2.75, 3.05) is 0 Å². The highest BCUT2D eigenvalue weighted by atomic mass is 35.5. The molecule has 0 aromatic carbocycles. The largest absolute Gasteiger partial charge is 0.393 e. The Hall–Kier alpha value is -0.670. The molecule has 23 heavy (non-hydrogen) atoms. The van der Waals surface area contributed by atoms with Crippen molar-refractivity contribution in [2.45, 2.75) is 63.9 Å². The number of aliphatic hydroxyl groups is 1. The highest BCUT2D eigenvalue weighted by molar-refractivity contribution is 6.23. The zero-order chi connectivity index (χ0) is 16.6. The topological polar surface area (TPSA) is 54.4 Å². The van der Waals surface area contributed by atoms with Crippen LogP contribution in [0.2, 0.25) is 0 Å². The zero-order valence-corrected chi connectivity index (χ0v) is 14.6. The standard InChI is InChI=1S/C19H25ClO3/c1-18-9-14(22)17-12(13(18)5-6-16(18)23)4-3-10-7-11(21)8-15(20)19(10,17)2/h7,12-15,17,22H,3-6,8-9H2,1-2H3/t12-,13-,14?,15?,17+,18-,19+/m0/s1. The Morgan fingerprint density at radius 2 is 1.96 bits per heavy atom. The molecule has 0 spiro atoms. The summed E-state index contributed by atoms with van der Waals surface area (Å²) in [6.07, 6.45) is 5.63. The number of rotatable bonds is 0. The van der Waals surface area contributed by atoms with Crippen molar-refractivity contribution in [2.24, 2.45) is 28.6 Å². The summed E-state index contributed by atoms with van der Waals surface area (Å²) in [7, 11) is 0. The summed E-state index contributed by atoms with van der Waals surface area (Å²) in [4.78, 5) is 24.3. The molecule has 4 aliphatic rings. The molecular formula is C19H25ClO3. The maximum absolute atomic E-state index is 12.4. The van der Waals surface area contributed by atoms with Crippen molar-refractivity contribution in [1.82, 2.24) is 0 Å². The second kappa shape index (κ2) is 4.92. The molecule has 3 saturated carbocycles. The lowest BCUT2D eigenvalue weighted by Crippen LogP contribution is -2.59. The van der Waals surface area contributed by atoms with Crippen LogP contribution in [0.15, 0.2) is 11.6 Å². The van der Waals surface area contributed by atoms with Crippen LogP contribution in [0.1, 0.15) is 52.4 Å². The van der Waals surface area contributed by atoms with Crippen molar-refractivity contribution in [1.29, 1.82) is 0 Å². The van der Waals surface area contributed by atoms with Gasteiger partial charge in [-0.15, -0.1) is 11.6 Å². The summed E-state index contributed by atoms with van der Waals surface area (Å²) >= 11 is 6.68. The van der Waals surface area contributed by atoms with Crippen molar-refractivity contribution in [3.05, 3.63) is 11.6 Å². The van der Waals surface area contributed by atoms with Gasteiger partial charge in [0, 0.05) is 23.7 Å². The lowest BCUT2D eigenvalue weighted by molar-refractivity contribution is -0.146. The average molecular weight is 337 g/mol. The van der Waals surface area contributed by atoms with Gasteiger partial charge in [0.1, 0.15) is 5.78 Å². The number of fused-ring (bicyclic) bond motifs is 5. The van der Waals surface area contributed by atoms with E-state index in [2.05, 4.69) is 13.8 Å². The quantitative estimate of drug-likeness (QED) is 0.691. The second-order valence-corrected chi connectivity index (χ2v) is 9.10. The van der Waals surface area contributed by atoms with Gasteiger partial charge in [0.05, 0.1) is 11.5 Å². The molecule has 0 saturated heterocycles. The summed E-state index contributed by atoms with van der Waals surface area (Å²) in [6.45, 7) is 4.20. The monoisotopic (exact) mass is 336 g/mol. The van der Waals surface area contributed by atoms with Gasteiger partial charge in [-0.1, -0.05) is 19.4 Å². The normalized spacial score (nSPS) is 52.5. The lowest BCUT2D eigenvalue weighted by atomic mass is 9.46. The van der Waals surface area contributed by atoms with Crippen LogP contribution < -0.4 is 0 Å². The predicted molar refractivity (Wildman–Crippen MR) is 88.1 cm³/mol. The maximum atomic E-state index is 12.4. The predicted octanol–water partition coefficient (Wildman–Crippen LogP) is 3.28. The number of halogens is 1. The molecule has 2 unspecified atom stereocenters. The zero-order valence-electron chi connectivity index (χ0n) is 13.8. The van der Waals surface area contributed by atoms with Crippen LogP contribution in [-0.4, -0.2) is 28.2 Å². The molecule has 4 heteroatoms. The van der Waals surface area contributed by atoms with Crippen molar-refractivity contribution in [3.63, 3.8) is 0 Å². The molecule has 1 N–H and O–H groups in total. The van der Waals surface area contributed by atoms with E-state index in [0.717, 1.165) is 24.8 Å². The number of hydrogen-bond acceptors (Lipinski definition) is 3. The number of carbonyl (C=O) groups is 2. The van der Waals surface area contributed by atoms with E-state index >= 15 is 0 Å². The fourth-order valence-corrected chi connectivity index (χ4v) is 6.89. The minimum absolute atomic E-state index is 0.0714. The molecule has 3 fully saturated rings. The molecular weight excluding hydrogens is 312 g/mol. The van der Waals surface area contributed by atoms with Gasteiger partial charge in [-0.2, -0.15) is 0 Å². The fraction of sp³-hybridized carbons (Fsp3) is 0.789. The average Bonchev–Trinajstić information content (AvgIpc) is 2.76. The van der Waals surface area contributed by atoms with Gasteiger partial charge in [0.2, 0.25) is 0 Å². The first-order chi connectivity index (χ1) is 10.8. The van der Waals surface area contributed by atoms with E-state index in [4.69, 9.17) is 11.6 Å². The van der Waals surface area contributed by atoms with E-state index in [1.807, 2.05) is 0 Å². The first-order valence-corrected chi connectivity index (χ1v) is 9.31. The van der Waals surface area contributed by atoms with Gasteiger partial charge < -0.3 is 5.11 Å². The van der Waals surface area contributed by atoms with Crippen molar-refractivity contribution >= 4 is 23.2 Å². The van der Waals surface area contributed by atoms with E-state index < -0.39 is 6.10 Å². The minimum Gasteiger partial charge on any atom is -0.393 e. The number of Topliss-reactive ketones (excluding diaryl/α,β-unsaturated/α-hetero) is 1. The SMILES string of the molecule is C[C@]12CC(O)[C@H]3[C@@H](CCC4=CC(=O)CC(Cl)[C@@]43C)[C@@H]1CCC2=O. The van der Waals surface area contributed by atoms with Crippen LogP contribution in [0.3, 0.4) is 0 Å². The second-order valence-electron chi connectivity index (χ2n) is 8.58. The summed E-state index contributed by atoms with van der Waals surface area (Å²) in [6, 6.07) is 0. The van der Waals surface area contributed by atoms with Gasteiger partial charge in [-0.25, -0.2) is 0 Å². The Labute approximate surface area is 142 Å². The Balaban J connectivity index is 1.79. The number of ketones is 2. The Bertz CT molecular complexity index is 612. The van der Waals surface area contributed by atoms with E-state index in [-0.39, 0.29) is 27.9 Å². The highest BCUT2D eigenvalue weighted by Gasteiger charge is 2.63. The maximum Gasteiger partial charge on any atom is 0.157 e. The molecule has 0 aliphatic heterocycles. The number of aliphatic hydroxyl groups excluding tert-OH is 1. The molecule has 3 nitrogen and oxygen atoms in total. The van der Waals surface area contributed by atoms with E-state index in [0.29, 0.717) is 36.9 Å². The number of allylic oxidation sites excluding steroid dienone is 1. The Morgan fingerprint density at radius 3 is 2.70 bits per heavy atom. The van der Waals surface area contributed by atoms with E-state index in [1.54, 1.807) is 6.08 Å². The summed E-state index contributed by atoms with van der Waals surface area (Å²) in [5, 5.41) is 10.7. The molecule has 4 aliphatic carbocycles. The van der Waals surface area contributed by atoms with Gasteiger partial charge in [0.25, 0.3) is 0 Å². The van der Waals surface area contributed by atoms with Crippen molar-refractivity contribution in [3.8, 4) is 0 Å². The highest BCUT2D eigenvalue weighted by Crippen LogP contribution is 2.65. The third kappa shape index (κ3) is 1.93. The molecule has 0 radical (unpaired) electrons. The van der Waals surface area contributed by atoms with Gasteiger partial charge in [0.15, 0.2) is 5.78 Å². The van der Waals surface area contributed by atoms with Gasteiger partial charge in [-0.3, -0.25) is 9.59 Å². The minimum atomic E-state index is -0.508. The summed E-state index contributed by atoms with van der Waals surface area (Å²) in [5.41, 5.74) is 0.455. The van der Waals surface area contributed by atoms with E-state index in [9.17, 15) is 14.7 Å². The molecule has 0 bridgehead atoms.